The zero-order valence-corrected chi connectivity index (χ0v) is 11.7. The summed E-state index contributed by atoms with van der Waals surface area (Å²) in [6.45, 7) is 1.36. The van der Waals surface area contributed by atoms with E-state index in [-0.39, 0.29) is 0 Å². The number of nitrogens with zero attached hydrogens (tertiary/aromatic N) is 2. The molecule has 21 heavy (non-hydrogen) atoms. The number of aliphatic hydroxyl groups is 2. The average Bonchev–Trinajstić information content (AvgIpc) is 2.68. The molecule has 4 N–H and O–H groups in total. The molecule has 1 unspecified atom stereocenters. The Morgan fingerprint density at radius 2 is 2.38 bits per heavy atom. The molecule has 5 atom stereocenters. The van der Waals surface area contributed by atoms with E-state index >= 15 is 0 Å². The van der Waals surface area contributed by atoms with Crippen LogP contribution in [0.3, 0.4) is 0 Å². The lowest BCUT2D eigenvalue weighted by molar-refractivity contribution is -0.0774. The van der Waals surface area contributed by atoms with Crippen molar-refractivity contribution in [3.8, 4) is 12.3 Å². The van der Waals surface area contributed by atoms with Gasteiger partial charge in [0.1, 0.15) is 12.2 Å². The summed E-state index contributed by atoms with van der Waals surface area (Å²) in [7, 11) is 0. The molecule has 0 aromatic carbocycles. The summed E-state index contributed by atoms with van der Waals surface area (Å²) < 4.78 is 19.6. The van der Waals surface area contributed by atoms with E-state index in [9.17, 15) is 19.4 Å². The minimum Gasteiger partial charge on any atom is -0.391 e. The first-order valence-electron chi connectivity index (χ1n) is 5.94. The third kappa shape index (κ3) is 2.38. The summed E-state index contributed by atoms with van der Waals surface area (Å²) in [5.41, 5.74) is 4.24. The van der Waals surface area contributed by atoms with Crippen LogP contribution >= 0.6 is 11.6 Å². The molecule has 0 radical (unpaired) electrons. The number of rotatable bonds is 2. The van der Waals surface area contributed by atoms with Crippen molar-refractivity contribution in [2.45, 2.75) is 36.3 Å². The van der Waals surface area contributed by atoms with Crippen LogP contribution in [0.1, 0.15) is 13.2 Å². The van der Waals surface area contributed by atoms with Crippen LogP contribution in [0.2, 0.25) is 0 Å². The molecule has 0 amide bonds. The van der Waals surface area contributed by atoms with Crippen LogP contribution in [-0.4, -0.2) is 43.0 Å². The van der Waals surface area contributed by atoms with Crippen LogP contribution in [0.15, 0.2) is 11.0 Å². The lowest BCUT2D eigenvalue weighted by atomic mass is 9.97. The van der Waals surface area contributed by atoms with Gasteiger partial charge < -0.3 is 20.7 Å². The van der Waals surface area contributed by atoms with Crippen molar-refractivity contribution < 1.29 is 19.3 Å². The van der Waals surface area contributed by atoms with Gasteiger partial charge in [0.05, 0.1) is 12.3 Å². The minimum absolute atomic E-state index is 0.581. The van der Waals surface area contributed by atoms with Crippen LogP contribution in [0.4, 0.5) is 10.2 Å². The smallest absolute Gasteiger partial charge is 0.351 e. The molecule has 1 aliphatic rings. The molecule has 2 rings (SSSR count). The summed E-state index contributed by atoms with van der Waals surface area (Å²) in [5, 5.41) is 19.7. The average molecular weight is 318 g/mol. The van der Waals surface area contributed by atoms with Gasteiger partial charge in [-0.3, -0.25) is 4.57 Å². The highest BCUT2D eigenvalue weighted by Crippen LogP contribution is 2.43. The van der Waals surface area contributed by atoms with E-state index in [0.717, 1.165) is 6.20 Å². The number of hydrogen-bond acceptors (Lipinski definition) is 6. The van der Waals surface area contributed by atoms with Gasteiger partial charge in [-0.25, -0.2) is 9.18 Å². The summed E-state index contributed by atoms with van der Waals surface area (Å²) in [6.07, 6.45) is 0.912. The van der Waals surface area contributed by atoms with Crippen molar-refractivity contribution in [2.24, 2.45) is 0 Å². The Balaban J connectivity index is 2.56. The van der Waals surface area contributed by atoms with Crippen LogP contribution < -0.4 is 11.4 Å². The zero-order valence-electron chi connectivity index (χ0n) is 10.9. The molecule has 0 saturated carbocycles. The molecule has 7 nitrogen and oxygen atoms in total. The predicted octanol–water partition coefficient (Wildman–Crippen LogP) is -0.786. The van der Waals surface area contributed by atoms with Crippen molar-refractivity contribution in [1.82, 2.24) is 9.55 Å². The molecule has 0 bridgehead atoms. The Morgan fingerprint density at radius 3 is 2.90 bits per heavy atom. The topological polar surface area (TPSA) is 111 Å². The van der Waals surface area contributed by atoms with E-state index < -0.39 is 46.7 Å². The van der Waals surface area contributed by atoms with E-state index in [2.05, 4.69) is 10.9 Å². The highest BCUT2D eigenvalue weighted by Gasteiger charge is 2.57. The van der Waals surface area contributed by atoms with Crippen LogP contribution in [0, 0.1) is 18.2 Å². The van der Waals surface area contributed by atoms with Gasteiger partial charge in [0.2, 0.25) is 0 Å². The maximum Gasteiger partial charge on any atom is 0.351 e. The maximum absolute atomic E-state index is 13.5. The summed E-state index contributed by atoms with van der Waals surface area (Å²) >= 11 is 6.15. The van der Waals surface area contributed by atoms with E-state index in [1.165, 1.54) is 6.92 Å². The Hall–Kier alpha value is -1.66. The van der Waals surface area contributed by atoms with Gasteiger partial charge in [0, 0.05) is 0 Å². The lowest BCUT2D eigenvalue weighted by Crippen LogP contribution is -2.44. The first-order valence-corrected chi connectivity index (χ1v) is 6.32. The van der Waals surface area contributed by atoms with Crippen LogP contribution in [0.5, 0.6) is 0 Å². The second-order valence-electron chi connectivity index (χ2n) is 4.71. The standard InChI is InChI=1S/C12H13ClFN3O4/c1-3-12(13)8(19)7(5(2)18)21-10(12)17-4-6(14)9(15)16-11(17)20/h1,4-5,7-8,10,18-19H,2H3,(H2,15,16,20)/t5-,7-,8+,10-,12?/m1/s1. The molecule has 0 spiro atoms. The Labute approximate surface area is 124 Å². The maximum atomic E-state index is 13.5. The molecular weight excluding hydrogens is 305 g/mol. The zero-order chi connectivity index (χ0) is 15.9. The molecule has 1 aliphatic heterocycles. The summed E-state index contributed by atoms with van der Waals surface area (Å²) in [5.74, 6) is 0.574. The Bertz CT molecular complexity index is 659. The molecule has 1 aromatic heterocycles. The highest BCUT2D eigenvalue weighted by molar-refractivity contribution is 6.27. The third-order valence-electron chi connectivity index (χ3n) is 3.27. The van der Waals surface area contributed by atoms with Gasteiger partial charge in [-0.2, -0.15) is 4.98 Å². The van der Waals surface area contributed by atoms with Crippen molar-refractivity contribution in [2.75, 3.05) is 5.73 Å². The number of hydrogen-bond donors (Lipinski definition) is 3. The number of anilines is 1. The number of nitrogens with two attached hydrogens (primary N) is 1. The Kier molecular flexibility index (Phi) is 3.95. The molecular formula is C12H13ClFN3O4. The van der Waals surface area contributed by atoms with E-state index in [4.69, 9.17) is 28.5 Å². The third-order valence-corrected chi connectivity index (χ3v) is 3.79. The fourth-order valence-corrected chi connectivity index (χ4v) is 2.42. The fraction of sp³-hybridized carbons (Fsp3) is 0.500. The number of ether oxygens (including phenoxy) is 1. The van der Waals surface area contributed by atoms with Crippen molar-refractivity contribution >= 4 is 17.4 Å². The minimum atomic E-state index is -1.87. The van der Waals surface area contributed by atoms with Crippen molar-refractivity contribution in [3.63, 3.8) is 0 Å². The highest BCUT2D eigenvalue weighted by atomic mass is 35.5. The number of aliphatic hydroxyl groups excluding tert-OH is 2. The Morgan fingerprint density at radius 1 is 1.76 bits per heavy atom. The summed E-state index contributed by atoms with van der Waals surface area (Å²) in [6, 6.07) is 0. The second-order valence-corrected chi connectivity index (χ2v) is 5.34. The van der Waals surface area contributed by atoms with Gasteiger partial charge in [-0.15, -0.1) is 6.42 Å². The van der Waals surface area contributed by atoms with Gasteiger partial charge in [0.15, 0.2) is 22.7 Å². The number of nitrogen functional groups attached to an aromatic ring is 1. The number of aromatic nitrogens is 2. The first-order chi connectivity index (χ1) is 9.72. The molecule has 9 heteroatoms. The lowest BCUT2D eigenvalue weighted by Gasteiger charge is -2.25. The fourth-order valence-electron chi connectivity index (χ4n) is 2.14. The van der Waals surface area contributed by atoms with Crippen LogP contribution in [0.25, 0.3) is 0 Å². The van der Waals surface area contributed by atoms with E-state index in [1.54, 1.807) is 0 Å². The molecule has 1 fully saturated rings. The first kappa shape index (κ1) is 15.7. The van der Waals surface area contributed by atoms with Gasteiger partial charge in [-0.1, -0.05) is 17.5 Å². The number of alkyl halides is 1. The second kappa shape index (κ2) is 5.27. The molecule has 0 aliphatic carbocycles. The largest absolute Gasteiger partial charge is 0.391 e. The van der Waals surface area contributed by atoms with Gasteiger partial charge in [0.25, 0.3) is 0 Å². The predicted molar refractivity (Wildman–Crippen MR) is 71.9 cm³/mol. The molecule has 1 saturated heterocycles. The van der Waals surface area contributed by atoms with Crippen molar-refractivity contribution in [1.29, 1.82) is 0 Å². The molecule has 1 aromatic rings. The number of halogens is 2. The normalized spacial score (nSPS) is 33.6. The van der Waals surface area contributed by atoms with E-state index in [0.29, 0.717) is 4.57 Å². The monoisotopic (exact) mass is 317 g/mol. The van der Waals surface area contributed by atoms with Gasteiger partial charge >= 0.3 is 5.69 Å². The van der Waals surface area contributed by atoms with Crippen molar-refractivity contribution in [3.05, 3.63) is 22.5 Å². The number of terminal acetylenes is 1. The van der Waals surface area contributed by atoms with Gasteiger partial charge in [-0.05, 0) is 6.92 Å². The molecule has 2 heterocycles. The molecule has 114 valence electrons. The van der Waals surface area contributed by atoms with E-state index in [1.807, 2.05) is 0 Å². The SMILES string of the molecule is C#CC1(Cl)[C@@H](O)[C@@H]([C@@H](C)O)O[C@H]1n1cc(F)c(N)nc1=O. The quantitative estimate of drug-likeness (QED) is 0.487. The van der Waals surface area contributed by atoms with Crippen LogP contribution in [-0.2, 0) is 4.74 Å². The summed E-state index contributed by atoms with van der Waals surface area (Å²) in [4.78, 5) is 13.2.